The van der Waals surface area contributed by atoms with Crippen molar-refractivity contribution in [1.82, 2.24) is 19.9 Å². The van der Waals surface area contributed by atoms with Gasteiger partial charge in [-0.15, -0.1) is 0 Å². The van der Waals surface area contributed by atoms with Crippen molar-refractivity contribution in [3.63, 3.8) is 0 Å². The van der Waals surface area contributed by atoms with Gasteiger partial charge < -0.3 is 5.32 Å². The number of aromatic nitrogens is 3. The number of nitrogens with zero attached hydrogens (tertiary/aromatic N) is 3. The minimum absolute atomic E-state index is 0.0336. The van der Waals surface area contributed by atoms with Gasteiger partial charge in [0.25, 0.3) is 0 Å². The minimum atomic E-state index is 0.0336. The Morgan fingerprint density at radius 2 is 2.35 bits per heavy atom. The average Bonchev–Trinajstić information content (AvgIpc) is 2.74. The molecule has 92 valence electrons. The Hall–Kier alpha value is -1.43. The fourth-order valence-corrected chi connectivity index (χ4v) is 2.37. The Balaban J connectivity index is 1.91. The van der Waals surface area contributed by atoms with E-state index in [0.717, 1.165) is 22.1 Å². The summed E-state index contributed by atoms with van der Waals surface area (Å²) in [6.07, 6.45) is 2.66. The van der Waals surface area contributed by atoms with Crippen LogP contribution in [0.3, 0.4) is 0 Å². The van der Waals surface area contributed by atoms with E-state index in [1.165, 1.54) is 0 Å². The molecule has 0 saturated carbocycles. The Labute approximate surface area is 104 Å². The van der Waals surface area contributed by atoms with Crippen molar-refractivity contribution in [3.05, 3.63) is 16.9 Å². The Morgan fingerprint density at radius 3 is 3.00 bits per heavy atom. The van der Waals surface area contributed by atoms with Gasteiger partial charge in [-0.2, -0.15) is 5.10 Å². The number of rotatable bonds is 4. The Morgan fingerprint density at radius 1 is 1.59 bits per heavy atom. The van der Waals surface area contributed by atoms with Gasteiger partial charge in [0, 0.05) is 18.9 Å². The summed E-state index contributed by atoms with van der Waals surface area (Å²) < 4.78 is 1.79. The maximum absolute atomic E-state index is 11.4. The molecule has 0 radical (unpaired) electrons. The Kier molecular flexibility index (Phi) is 3.42. The van der Waals surface area contributed by atoms with Crippen LogP contribution >= 0.6 is 11.3 Å². The molecule has 6 heteroatoms. The number of imidazole rings is 1. The topological polar surface area (TPSA) is 59.3 Å². The molecule has 1 N–H and O–H groups in total. The lowest BCUT2D eigenvalue weighted by atomic mass is 10.2. The monoisotopic (exact) mass is 252 g/mol. The van der Waals surface area contributed by atoms with Crippen LogP contribution in [0.25, 0.3) is 4.96 Å². The summed E-state index contributed by atoms with van der Waals surface area (Å²) in [6.45, 7) is 6.35. The molecule has 0 aromatic carbocycles. The van der Waals surface area contributed by atoms with Gasteiger partial charge >= 0.3 is 0 Å². The smallest absolute Gasteiger partial charge is 0.222 e. The quantitative estimate of drug-likeness (QED) is 0.895. The fraction of sp³-hybridized carbons (Fsp3) is 0.545. The van der Waals surface area contributed by atoms with Gasteiger partial charge in [0.15, 0.2) is 0 Å². The third-order valence-corrected chi connectivity index (χ3v) is 3.35. The standard InChI is InChI=1S/C11H16N4OS/c1-7(2)10(16)12-5-4-9-14-15-6-8(3)13-11(15)17-9/h6-7H,4-5H2,1-3H3,(H,12,16). The van der Waals surface area contributed by atoms with Gasteiger partial charge in [-0.1, -0.05) is 25.2 Å². The largest absolute Gasteiger partial charge is 0.355 e. The highest BCUT2D eigenvalue weighted by Gasteiger charge is 2.08. The molecule has 0 aliphatic rings. The number of hydrogen-bond donors (Lipinski definition) is 1. The molecule has 0 fully saturated rings. The van der Waals surface area contributed by atoms with Gasteiger partial charge in [-0.05, 0) is 6.92 Å². The van der Waals surface area contributed by atoms with Crippen LogP contribution in [0.4, 0.5) is 0 Å². The minimum Gasteiger partial charge on any atom is -0.355 e. The summed E-state index contributed by atoms with van der Waals surface area (Å²) in [5.74, 6) is 0.119. The van der Waals surface area contributed by atoms with Crippen molar-refractivity contribution >= 4 is 22.2 Å². The van der Waals surface area contributed by atoms with Crippen LogP contribution in [0.1, 0.15) is 24.5 Å². The molecular weight excluding hydrogens is 236 g/mol. The fourth-order valence-electron chi connectivity index (χ4n) is 1.45. The average molecular weight is 252 g/mol. The summed E-state index contributed by atoms with van der Waals surface area (Å²) in [7, 11) is 0. The first-order chi connectivity index (χ1) is 8.06. The van der Waals surface area contributed by atoms with Crippen LogP contribution in [0, 0.1) is 12.8 Å². The molecule has 0 aliphatic heterocycles. The summed E-state index contributed by atoms with van der Waals surface area (Å²) in [6, 6.07) is 0. The van der Waals surface area contributed by atoms with E-state index >= 15 is 0 Å². The zero-order chi connectivity index (χ0) is 12.4. The maximum Gasteiger partial charge on any atom is 0.222 e. The molecule has 0 saturated heterocycles. The maximum atomic E-state index is 11.4. The molecule has 0 aliphatic carbocycles. The lowest BCUT2D eigenvalue weighted by Crippen LogP contribution is -2.29. The van der Waals surface area contributed by atoms with Gasteiger partial charge in [0.2, 0.25) is 10.9 Å². The van der Waals surface area contributed by atoms with E-state index in [1.54, 1.807) is 15.9 Å². The number of aryl methyl sites for hydroxylation is 1. The van der Waals surface area contributed by atoms with Crippen molar-refractivity contribution in [3.8, 4) is 0 Å². The molecule has 0 atom stereocenters. The second kappa shape index (κ2) is 4.83. The molecular formula is C11H16N4OS. The predicted octanol–water partition coefficient (Wildman–Crippen LogP) is 1.41. The molecule has 0 spiro atoms. The number of carbonyl (C=O) groups excluding carboxylic acids is 1. The first kappa shape index (κ1) is 12.0. The van der Waals surface area contributed by atoms with E-state index in [1.807, 2.05) is 27.0 Å². The number of nitrogens with one attached hydrogen (secondary N) is 1. The van der Waals surface area contributed by atoms with Crippen molar-refractivity contribution in [2.75, 3.05) is 6.54 Å². The molecule has 2 heterocycles. The number of fused-ring (bicyclic) bond motifs is 1. The predicted molar refractivity (Wildman–Crippen MR) is 67.2 cm³/mol. The van der Waals surface area contributed by atoms with Crippen LogP contribution in [0.15, 0.2) is 6.20 Å². The molecule has 5 nitrogen and oxygen atoms in total. The molecule has 2 aromatic heterocycles. The zero-order valence-electron chi connectivity index (χ0n) is 10.2. The Bertz CT molecular complexity index is 497. The van der Waals surface area contributed by atoms with Gasteiger partial charge in [-0.3, -0.25) is 4.79 Å². The summed E-state index contributed by atoms with van der Waals surface area (Å²) >= 11 is 1.57. The first-order valence-electron chi connectivity index (χ1n) is 5.65. The van der Waals surface area contributed by atoms with Gasteiger partial charge in [-0.25, -0.2) is 9.50 Å². The number of amides is 1. The number of hydrogen-bond acceptors (Lipinski definition) is 4. The molecule has 2 aromatic rings. The van der Waals surface area contributed by atoms with E-state index < -0.39 is 0 Å². The number of carbonyl (C=O) groups is 1. The summed E-state index contributed by atoms with van der Waals surface area (Å²) in [4.78, 5) is 16.6. The van der Waals surface area contributed by atoms with Crippen molar-refractivity contribution in [1.29, 1.82) is 0 Å². The van der Waals surface area contributed by atoms with E-state index in [4.69, 9.17) is 0 Å². The molecule has 1 amide bonds. The van der Waals surface area contributed by atoms with Crippen LogP contribution < -0.4 is 5.32 Å². The van der Waals surface area contributed by atoms with E-state index in [0.29, 0.717) is 6.54 Å². The third-order valence-electron chi connectivity index (χ3n) is 2.37. The summed E-state index contributed by atoms with van der Waals surface area (Å²) in [5, 5.41) is 8.27. The van der Waals surface area contributed by atoms with E-state index in [9.17, 15) is 4.79 Å². The van der Waals surface area contributed by atoms with Crippen LogP contribution in [0.2, 0.25) is 0 Å². The summed E-state index contributed by atoms with van der Waals surface area (Å²) in [5.41, 5.74) is 0.975. The van der Waals surface area contributed by atoms with Crippen LogP contribution in [-0.4, -0.2) is 27.0 Å². The highest BCUT2D eigenvalue weighted by Crippen LogP contribution is 2.14. The zero-order valence-corrected chi connectivity index (χ0v) is 11.0. The molecule has 17 heavy (non-hydrogen) atoms. The van der Waals surface area contributed by atoms with Crippen molar-refractivity contribution in [2.24, 2.45) is 5.92 Å². The second-order valence-corrected chi connectivity index (χ2v) is 5.34. The molecule has 0 unspecified atom stereocenters. The van der Waals surface area contributed by atoms with Crippen molar-refractivity contribution < 1.29 is 4.79 Å². The van der Waals surface area contributed by atoms with Crippen molar-refractivity contribution in [2.45, 2.75) is 27.2 Å². The molecule has 2 rings (SSSR count). The normalized spacial score (nSPS) is 11.3. The van der Waals surface area contributed by atoms with Gasteiger partial charge in [0.05, 0.1) is 11.9 Å². The second-order valence-electron chi connectivity index (χ2n) is 4.30. The van der Waals surface area contributed by atoms with Gasteiger partial charge in [0.1, 0.15) is 5.01 Å². The lowest BCUT2D eigenvalue weighted by Gasteiger charge is -2.05. The molecule has 0 bridgehead atoms. The first-order valence-corrected chi connectivity index (χ1v) is 6.47. The SMILES string of the molecule is Cc1cn2nc(CCNC(=O)C(C)C)sc2n1. The van der Waals surface area contributed by atoms with E-state index in [-0.39, 0.29) is 11.8 Å². The van der Waals surface area contributed by atoms with Crippen LogP contribution in [-0.2, 0) is 11.2 Å². The van der Waals surface area contributed by atoms with Crippen LogP contribution in [0.5, 0.6) is 0 Å². The highest BCUT2D eigenvalue weighted by molar-refractivity contribution is 7.16. The lowest BCUT2D eigenvalue weighted by molar-refractivity contribution is -0.123. The third kappa shape index (κ3) is 2.82. The highest BCUT2D eigenvalue weighted by atomic mass is 32.1. The van der Waals surface area contributed by atoms with E-state index in [2.05, 4.69) is 15.4 Å².